The molecule has 1 fully saturated rings. The van der Waals surface area contributed by atoms with Crippen molar-refractivity contribution in [2.24, 2.45) is 11.8 Å². The number of nitrogens with zero attached hydrogens (tertiary/aromatic N) is 2. The van der Waals surface area contributed by atoms with Crippen molar-refractivity contribution in [2.75, 3.05) is 48.1 Å². The molecule has 0 spiro atoms. The molecule has 0 aliphatic carbocycles. The van der Waals surface area contributed by atoms with Crippen LogP contribution in [-0.2, 0) is 12.8 Å². The third kappa shape index (κ3) is 4.95. The Morgan fingerprint density at radius 2 is 1.39 bits per heavy atom. The van der Waals surface area contributed by atoms with E-state index in [-0.39, 0.29) is 6.04 Å². The lowest BCUT2D eigenvalue weighted by molar-refractivity contribution is 0.0381. The Balaban J connectivity index is 1.49. The van der Waals surface area contributed by atoms with Gasteiger partial charge in [0.1, 0.15) is 4.32 Å². The molecule has 38 heavy (non-hydrogen) atoms. The Morgan fingerprint density at radius 1 is 0.842 bits per heavy atom. The lowest BCUT2D eigenvalue weighted by Gasteiger charge is -2.49. The number of ether oxygens (including phenoxy) is 4. The fourth-order valence-electron chi connectivity index (χ4n) is 7.05. The molecule has 0 radical (unpaired) electrons. The topological polar surface area (TPSA) is 43.4 Å². The first-order valence-corrected chi connectivity index (χ1v) is 14.5. The molecule has 3 aliphatic rings. The maximum atomic E-state index is 5.70. The first-order chi connectivity index (χ1) is 18.4. The molecule has 0 bridgehead atoms. The number of thiol groups is 1. The van der Waals surface area contributed by atoms with E-state index in [2.05, 4.69) is 53.6 Å². The average molecular weight is 557 g/mol. The van der Waals surface area contributed by atoms with Gasteiger partial charge in [-0.3, -0.25) is 4.90 Å². The highest BCUT2D eigenvalue weighted by Gasteiger charge is 2.41. The Bertz CT molecular complexity index is 1190. The third-order valence-electron chi connectivity index (χ3n) is 9.07. The lowest BCUT2D eigenvalue weighted by atomic mass is 9.72. The molecule has 4 atom stereocenters. The van der Waals surface area contributed by atoms with Crippen molar-refractivity contribution < 1.29 is 18.9 Å². The van der Waals surface area contributed by atoms with E-state index >= 15 is 0 Å². The summed E-state index contributed by atoms with van der Waals surface area (Å²) in [6.07, 6.45) is 5.29. The van der Waals surface area contributed by atoms with E-state index in [0.29, 0.717) is 22.2 Å². The van der Waals surface area contributed by atoms with Crippen LogP contribution in [0.25, 0.3) is 0 Å². The zero-order valence-electron chi connectivity index (χ0n) is 23.2. The third-order valence-corrected chi connectivity index (χ3v) is 9.57. The van der Waals surface area contributed by atoms with Gasteiger partial charge in [0.25, 0.3) is 0 Å². The molecule has 2 aromatic carbocycles. The summed E-state index contributed by atoms with van der Waals surface area (Å²) in [5.74, 6) is 4.38. The SMILES string of the molecule is CC[C@H]1CN2CCc3cc(OC)c(OC)cc3[C@@H]2C[C@@H]1C[C@H]1c2cc(OC)c(OC)cc2CCN1C(=S)S. The van der Waals surface area contributed by atoms with Gasteiger partial charge in [-0.1, -0.05) is 25.6 Å². The second kappa shape index (κ2) is 11.5. The minimum atomic E-state index is 0.169. The van der Waals surface area contributed by atoms with Crippen molar-refractivity contribution in [3.63, 3.8) is 0 Å². The number of methoxy groups -OCH3 is 4. The van der Waals surface area contributed by atoms with E-state index in [0.717, 1.165) is 68.3 Å². The minimum Gasteiger partial charge on any atom is -0.493 e. The van der Waals surface area contributed by atoms with Gasteiger partial charge in [-0.05, 0) is 84.0 Å². The number of thiocarbonyl (C=S) groups is 1. The second-order valence-corrected chi connectivity index (χ2v) is 11.8. The number of rotatable bonds is 7. The van der Waals surface area contributed by atoms with Crippen LogP contribution in [0.1, 0.15) is 60.5 Å². The van der Waals surface area contributed by atoms with Gasteiger partial charge >= 0.3 is 0 Å². The predicted octanol–water partition coefficient (Wildman–Crippen LogP) is 5.87. The summed E-state index contributed by atoms with van der Waals surface area (Å²) in [7, 11) is 6.84. The Hall–Kier alpha value is -2.16. The van der Waals surface area contributed by atoms with Gasteiger partial charge in [-0.15, -0.1) is 12.6 Å². The summed E-state index contributed by atoms with van der Waals surface area (Å²) < 4.78 is 23.3. The smallest absolute Gasteiger partial charge is 0.161 e. The molecule has 206 valence electrons. The Labute approximate surface area is 238 Å². The van der Waals surface area contributed by atoms with Crippen LogP contribution in [0.15, 0.2) is 24.3 Å². The fraction of sp³-hybridized carbons (Fsp3) is 0.567. The van der Waals surface area contributed by atoms with Crippen molar-refractivity contribution in [1.82, 2.24) is 9.80 Å². The molecule has 3 aliphatic heterocycles. The van der Waals surface area contributed by atoms with Crippen LogP contribution in [0.5, 0.6) is 23.0 Å². The number of fused-ring (bicyclic) bond motifs is 4. The molecule has 1 saturated heterocycles. The van der Waals surface area contributed by atoms with Crippen LogP contribution >= 0.6 is 24.8 Å². The fourth-order valence-corrected chi connectivity index (χ4v) is 7.51. The maximum Gasteiger partial charge on any atom is 0.161 e. The molecule has 3 heterocycles. The first kappa shape index (κ1) is 27.4. The summed E-state index contributed by atoms with van der Waals surface area (Å²) in [4.78, 5) is 5.01. The molecular weight excluding hydrogens is 516 g/mol. The van der Waals surface area contributed by atoms with Crippen LogP contribution in [0.3, 0.4) is 0 Å². The van der Waals surface area contributed by atoms with Crippen molar-refractivity contribution in [3.05, 3.63) is 46.5 Å². The predicted molar refractivity (Wildman–Crippen MR) is 158 cm³/mol. The maximum absolute atomic E-state index is 5.70. The van der Waals surface area contributed by atoms with Crippen molar-refractivity contribution in [1.29, 1.82) is 0 Å². The quantitative estimate of drug-likeness (QED) is 0.338. The zero-order valence-corrected chi connectivity index (χ0v) is 24.9. The molecule has 8 heteroatoms. The van der Waals surface area contributed by atoms with E-state index < -0.39 is 0 Å². The first-order valence-electron chi connectivity index (χ1n) is 13.6. The molecule has 0 unspecified atom stereocenters. The minimum absolute atomic E-state index is 0.169. The van der Waals surface area contributed by atoms with Gasteiger partial charge in [-0.25, -0.2) is 0 Å². The molecule has 5 rings (SSSR count). The molecule has 0 aromatic heterocycles. The number of piperidine rings is 1. The summed E-state index contributed by atoms with van der Waals surface area (Å²) in [6.45, 7) is 5.42. The number of benzene rings is 2. The highest BCUT2D eigenvalue weighted by molar-refractivity contribution is 8.10. The molecule has 0 N–H and O–H groups in total. The zero-order chi connectivity index (χ0) is 27.0. The number of hydrogen-bond donors (Lipinski definition) is 1. The highest BCUT2D eigenvalue weighted by atomic mass is 32.1. The summed E-state index contributed by atoms with van der Waals surface area (Å²) in [5.41, 5.74) is 5.39. The van der Waals surface area contributed by atoms with Crippen molar-refractivity contribution >= 4 is 29.2 Å². The molecule has 0 amide bonds. The lowest BCUT2D eigenvalue weighted by Crippen LogP contribution is -2.47. The monoisotopic (exact) mass is 556 g/mol. The van der Waals surface area contributed by atoms with Gasteiger partial charge in [0, 0.05) is 25.7 Å². The highest BCUT2D eigenvalue weighted by Crippen LogP contribution is 2.49. The van der Waals surface area contributed by atoms with Gasteiger partial charge in [0.15, 0.2) is 23.0 Å². The van der Waals surface area contributed by atoms with E-state index in [1.54, 1.807) is 28.4 Å². The van der Waals surface area contributed by atoms with Gasteiger partial charge < -0.3 is 23.8 Å². The van der Waals surface area contributed by atoms with Crippen LogP contribution in [0.4, 0.5) is 0 Å². The van der Waals surface area contributed by atoms with E-state index in [1.807, 2.05) is 0 Å². The molecule has 0 saturated carbocycles. The summed E-state index contributed by atoms with van der Waals surface area (Å²) in [5, 5.41) is 0. The molecule has 2 aromatic rings. The van der Waals surface area contributed by atoms with E-state index in [4.69, 9.17) is 31.2 Å². The summed E-state index contributed by atoms with van der Waals surface area (Å²) in [6, 6.07) is 9.27. The summed E-state index contributed by atoms with van der Waals surface area (Å²) >= 11 is 10.3. The largest absolute Gasteiger partial charge is 0.493 e. The standard InChI is InChI=1S/C30H40N2O4S2/c1-6-18-17-31-9-7-19-13-26(33-2)28(35-4)15-22(19)24(31)11-21(18)12-25-23-16-29(36-5)27(34-3)14-20(23)8-10-32(25)30(37)38/h13-16,18,21,24-25H,6-12,17H2,1-5H3,(H,37,38)/t18-,21+,24-,25-/m0/s1. The van der Waals surface area contributed by atoms with E-state index in [9.17, 15) is 0 Å². The van der Waals surface area contributed by atoms with Crippen LogP contribution in [0, 0.1) is 11.8 Å². The van der Waals surface area contributed by atoms with Gasteiger partial charge in [0.05, 0.1) is 34.5 Å². The molecular formula is C30H40N2O4S2. The average Bonchev–Trinajstić information content (AvgIpc) is 2.94. The van der Waals surface area contributed by atoms with Crippen LogP contribution in [-0.4, -0.2) is 62.2 Å². The Morgan fingerprint density at radius 3 is 1.97 bits per heavy atom. The van der Waals surface area contributed by atoms with E-state index in [1.165, 1.54) is 28.7 Å². The Kier molecular flexibility index (Phi) is 8.31. The number of hydrogen-bond acceptors (Lipinski definition) is 6. The van der Waals surface area contributed by atoms with Crippen LogP contribution in [0.2, 0.25) is 0 Å². The van der Waals surface area contributed by atoms with Crippen LogP contribution < -0.4 is 18.9 Å². The normalized spacial score (nSPS) is 24.6. The van der Waals surface area contributed by atoms with Gasteiger partial charge in [-0.2, -0.15) is 0 Å². The molecule has 6 nitrogen and oxygen atoms in total. The second-order valence-electron chi connectivity index (χ2n) is 10.7. The van der Waals surface area contributed by atoms with Crippen molar-refractivity contribution in [3.8, 4) is 23.0 Å². The van der Waals surface area contributed by atoms with Gasteiger partial charge in [0.2, 0.25) is 0 Å². The van der Waals surface area contributed by atoms with Crippen molar-refractivity contribution in [2.45, 2.75) is 51.1 Å².